The van der Waals surface area contributed by atoms with Gasteiger partial charge in [-0.25, -0.2) is 0 Å². The van der Waals surface area contributed by atoms with Gasteiger partial charge in [-0.2, -0.15) is 4.37 Å². The van der Waals surface area contributed by atoms with Gasteiger partial charge < -0.3 is 4.90 Å². The molecule has 0 bridgehead atoms. The SMILES string of the molecule is CCN(CC)C(=O)c1cc(C)sn1. The highest BCUT2D eigenvalue weighted by Gasteiger charge is 2.14. The highest BCUT2D eigenvalue weighted by atomic mass is 32.1. The van der Waals surface area contributed by atoms with E-state index in [1.165, 1.54) is 11.5 Å². The van der Waals surface area contributed by atoms with E-state index < -0.39 is 0 Å². The van der Waals surface area contributed by atoms with E-state index in [1.54, 1.807) is 4.90 Å². The van der Waals surface area contributed by atoms with Crippen molar-refractivity contribution in [2.24, 2.45) is 0 Å². The van der Waals surface area contributed by atoms with Crippen molar-refractivity contribution in [2.75, 3.05) is 13.1 Å². The largest absolute Gasteiger partial charge is 0.338 e. The van der Waals surface area contributed by atoms with Crippen LogP contribution in [0.4, 0.5) is 0 Å². The van der Waals surface area contributed by atoms with Crippen LogP contribution in [0.1, 0.15) is 29.2 Å². The maximum absolute atomic E-state index is 11.7. The van der Waals surface area contributed by atoms with Gasteiger partial charge in [0.25, 0.3) is 5.91 Å². The van der Waals surface area contributed by atoms with Crippen LogP contribution < -0.4 is 0 Å². The summed E-state index contributed by atoms with van der Waals surface area (Å²) >= 11 is 1.37. The molecule has 0 aromatic carbocycles. The third-order valence-electron chi connectivity index (χ3n) is 1.90. The second-order valence-electron chi connectivity index (χ2n) is 2.80. The van der Waals surface area contributed by atoms with Crippen LogP contribution in [0.3, 0.4) is 0 Å². The average Bonchev–Trinajstić information content (AvgIpc) is 2.54. The van der Waals surface area contributed by atoms with Crippen molar-refractivity contribution in [3.05, 3.63) is 16.6 Å². The molecule has 0 saturated heterocycles. The molecule has 0 aliphatic carbocycles. The van der Waals surface area contributed by atoms with E-state index in [9.17, 15) is 4.79 Å². The van der Waals surface area contributed by atoms with Crippen LogP contribution in [-0.4, -0.2) is 28.3 Å². The fourth-order valence-electron chi connectivity index (χ4n) is 1.14. The van der Waals surface area contributed by atoms with Crippen molar-refractivity contribution in [2.45, 2.75) is 20.8 Å². The van der Waals surface area contributed by atoms with Gasteiger partial charge in [0.05, 0.1) is 0 Å². The van der Waals surface area contributed by atoms with Crippen LogP contribution in [0.2, 0.25) is 0 Å². The summed E-state index contributed by atoms with van der Waals surface area (Å²) < 4.78 is 4.08. The fraction of sp³-hybridized carbons (Fsp3) is 0.556. The van der Waals surface area contributed by atoms with Crippen LogP contribution in [-0.2, 0) is 0 Å². The van der Waals surface area contributed by atoms with Crippen LogP contribution in [0.25, 0.3) is 0 Å². The molecule has 4 heteroatoms. The van der Waals surface area contributed by atoms with Crippen molar-refractivity contribution in [3.8, 4) is 0 Å². The number of hydrogen-bond acceptors (Lipinski definition) is 3. The monoisotopic (exact) mass is 198 g/mol. The molecule has 72 valence electrons. The van der Waals surface area contributed by atoms with E-state index in [0.717, 1.165) is 18.0 Å². The molecule has 1 heterocycles. The Labute approximate surface area is 82.5 Å². The molecule has 1 amide bonds. The molecule has 0 spiro atoms. The number of rotatable bonds is 3. The Kier molecular flexibility index (Phi) is 3.42. The Bertz CT molecular complexity index is 292. The summed E-state index contributed by atoms with van der Waals surface area (Å²) in [5.41, 5.74) is 0.575. The van der Waals surface area contributed by atoms with Crippen molar-refractivity contribution in [1.82, 2.24) is 9.27 Å². The summed E-state index contributed by atoms with van der Waals surface area (Å²) in [7, 11) is 0. The Morgan fingerprint density at radius 2 is 2.15 bits per heavy atom. The molecular weight excluding hydrogens is 184 g/mol. The molecule has 0 N–H and O–H groups in total. The summed E-state index contributed by atoms with van der Waals surface area (Å²) in [5, 5.41) is 0. The van der Waals surface area contributed by atoms with E-state index in [4.69, 9.17) is 0 Å². The number of aryl methyl sites for hydroxylation is 1. The first-order chi connectivity index (χ1) is 6.19. The molecule has 0 fully saturated rings. The molecule has 1 aromatic heterocycles. The second-order valence-corrected chi connectivity index (χ2v) is 3.81. The maximum Gasteiger partial charge on any atom is 0.273 e. The summed E-state index contributed by atoms with van der Waals surface area (Å²) in [6.07, 6.45) is 0. The lowest BCUT2D eigenvalue weighted by atomic mass is 10.3. The van der Waals surface area contributed by atoms with Gasteiger partial charge in [0.15, 0.2) is 0 Å². The molecule has 13 heavy (non-hydrogen) atoms. The van der Waals surface area contributed by atoms with Crippen LogP contribution in [0, 0.1) is 6.92 Å². The molecule has 3 nitrogen and oxygen atoms in total. The van der Waals surface area contributed by atoms with E-state index >= 15 is 0 Å². The first kappa shape index (κ1) is 10.2. The zero-order valence-corrected chi connectivity index (χ0v) is 9.02. The zero-order valence-electron chi connectivity index (χ0n) is 8.20. The van der Waals surface area contributed by atoms with Crippen LogP contribution >= 0.6 is 11.5 Å². The van der Waals surface area contributed by atoms with E-state index in [-0.39, 0.29) is 5.91 Å². The van der Waals surface area contributed by atoms with E-state index in [0.29, 0.717) is 5.69 Å². The molecule has 0 atom stereocenters. The molecule has 1 aromatic rings. The smallest absolute Gasteiger partial charge is 0.273 e. The number of carbonyl (C=O) groups is 1. The van der Waals surface area contributed by atoms with Gasteiger partial charge in [-0.3, -0.25) is 4.79 Å². The highest BCUT2D eigenvalue weighted by Crippen LogP contribution is 2.10. The molecule has 0 aliphatic heterocycles. The molecule has 0 radical (unpaired) electrons. The number of carbonyl (C=O) groups excluding carboxylic acids is 1. The standard InChI is InChI=1S/C9H14N2OS/c1-4-11(5-2)9(12)8-6-7(3)13-10-8/h6H,4-5H2,1-3H3. The minimum absolute atomic E-state index is 0.0364. The molecule has 1 rings (SSSR count). The third kappa shape index (κ3) is 2.28. The van der Waals surface area contributed by atoms with Crippen molar-refractivity contribution >= 4 is 17.4 Å². The quantitative estimate of drug-likeness (QED) is 0.743. The molecular formula is C9H14N2OS. The lowest BCUT2D eigenvalue weighted by Gasteiger charge is -2.16. The third-order valence-corrected chi connectivity index (χ3v) is 2.59. The van der Waals surface area contributed by atoms with E-state index in [1.807, 2.05) is 26.8 Å². The number of aromatic nitrogens is 1. The Balaban J connectivity index is 2.78. The van der Waals surface area contributed by atoms with Crippen LogP contribution in [0.15, 0.2) is 6.07 Å². The summed E-state index contributed by atoms with van der Waals surface area (Å²) in [6.45, 7) is 7.38. The minimum Gasteiger partial charge on any atom is -0.338 e. The predicted molar refractivity (Wildman–Crippen MR) is 54.1 cm³/mol. The van der Waals surface area contributed by atoms with Gasteiger partial charge in [-0.05, 0) is 38.4 Å². The minimum atomic E-state index is 0.0364. The molecule has 0 unspecified atom stereocenters. The normalized spacial score (nSPS) is 10.1. The highest BCUT2D eigenvalue weighted by molar-refractivity contribution is 7.05. The first-order valence-corrected chi connectivity index (χ1v) is 5.19. The maximum atomic E-state index is 11.7. The van der Waals surface area contributed by atoms with Crippen LogP contribution in [0.5, 0.6) is 0 Å². The second kappa shape index (κ2) is 4.37. The number of nitrogens with zero attached hydrogens (tertiary/aromatic N) is 2. The fourth-order valence-corrected chi connectivity index (χ4v) is 1.68. The Morgan fingerprint density at radius 3 is 2.54 bits per heavy atom. The van der Waals surface area contributed by atoms with Crippen molar-refractivity contribution in [1.29, 1.82) is 0 Å². The first-order valence-electron chi connectivity index (χ1n) is 4.41. The molecule has 0 aliphatic rings. The van der Waals surface area contributed by atoms with Gasteiger partial charge in [0.2, 0.25) is 0 Å². The van der Waals surface area contributed by atoms with Gasteiger partial charge >= 0.3 is 0 Å². The lowest BCUT2D eigenvalue weighted by Crippen LogP contribution is -2.30. The number of amides is 1. The van der Waals surface area contributed by atoms with Gasteiger partial charge in [0, 0.05) is 18.0 Å². The van der Waals surface area contributed by atoms with Crippen molar-refractivity contribution < 1.29 is 4.79 Å². The van der Waals surface area contributed by atoms with Gasteiger partial charge in [0.1, 0.15) is 5.69 Å². The predicted octanol–water partition coefficient (Wildman–Crippen LogP) is 1.93. The number of hydrogen-bond donors (Lipinski definition) is 0. The topological polar surface area (TPSA) is 33.2 Å². The average molecular weight is 198 g/mol. The van der Waals surface area contributed by atoms with Gasteiger partial charge in [-0.15, -0.1) is 0 Å². The zero-order chi connectivity index (χ0) is 9.84. The Hall–Kier alpha value is -0.900. The lowest BCUT2D eigenvalue weighted by molar-refractivity contribution is 0.0768. The Morgan fingerprint density at radius 1 is 1.54 bits per heavy atom. The summed E-state index contributed by atoms with van der Waals surface area (Å²) in [5.74, 6) is 0.0364. The molecule has 0 saturated carbocycles. The summed E-state index contributed by atoms with van der Waals surface area (Å²) in [6, 6.07) is 1.84. The van der Waals surface area contributed by atoms with E-state index in [2.05, 4.69) is 4.37 Å². The van der Waals surface area contributed by atoms with Crippen molar-refractivity contribution in [3.63, 3.8) is 0 Å². The van der Waals surface area contributed by atoms with Gasteiger partial charge in [-0.1, -0.05) is 0 Å². The summed E-state index contributed by atoms with van der Waals surface area (Å²) in [4.78, 5) is 14.5.